The van der Waals surface area contributed by atoms with E-state index in [0.717, 1.165) is 35.4 Å². The van der Waals surface area contributed by atoms with Gasteiger partial charge in [-0.3, -0.25) is 4.79 Å². The number of aliphatic carboxylic acids is 1. The Morgan fingerprint density at radius 3 is 2.62 bits per heavy atom. The second-order valence-corrected chi connectivity index (χ2v) is 14.3. The average molecular weight is 716 g/mol. The zero-order valence-electron chi connectivity index (χ0n) is 25.8. The molecule has 19 heteroatoms. The van der Waals surface area contributed by atoms with E-state index >= 15 is 0 Å². The number of carboxylic acid groups (broad SMARTS) is 1. The molecule has 0 radical (unpaired) electrons. The number of amides is 1. The van der Waals surface area contributed by atoms with Gasteiger partial charge in [0.05, 0.1) is 28.7 Å². The number of hydrogen-bond donors (Lipinski definition) is 3. The van der Waals surface area contributed by atoms with Crippen LogP contribution in [0.4, 0.5) is 0 Å². The highest BCUT2D eigenvalue weighted by Crippen LogP contribution is 2.28. The lowest BCUT2D eigenvalue weighted by atomic mass is 10.2. The molecule has 5 rings (SSSR count). The highest BCUT2D eigenvalue weighted by atomic mass is 32.2. The van der Waals surface area contributed by atoms with Crippen LogP contribution in [0.1, 0.15) is 30.3 Å². The highest BCUT2D eigenvalue weighted by Gasteiger charge is 2.21. The number of carbonyl (C=O) groups is 2. The van der Waals surface area contributed by atoms with E-state index in [9.17, 15) is 23.1 Å². The van der Waals surface area contributed by atoms with Crippen molar-refractivity contribution in [2.24, 2.45) is 5.14 Å². The first-order valence-corrected chi connectivity index (χ1v) is 18.2. The number of carbonyl (C=O) groups excluding carboxylic acids is 1. The Morgan fingerprint density at radius 2 is 1.83 bits per heavy atom. The summed E-state index contributed by atoms with van der Waals surface area (Å²) >= 11 is 2.31. The largest absolute Gasteiger partial charge is 0.492 e. The number of aryl methyl sites for hydroxylation is 1. The first kappa shape index (κ1) is 34.7. The van der Waals surface area contributed by atoms with Gasteiger partial charge in [0.2, 0.25) is 10.2 Å². The number of aromatic nitrogens is 7. The summed E-state index contributed by atoms with van der Waals surface area (Å²) in [5.41, 5.74) is 2.81. The van der Waals surface area contributed by atoms with Crippen molar-refractivity contribution in [3.8, 4) is 11.5 Å². The Bertz CT molecular complexity index is 1980. The highest BCUT2D eigenvalue weighted by molar-refractivity contribution is 7.98. The van der Waals surface area contributed by atoms with E-state index in [4.69, 9.17) is 14.6 Å². The molecule has 2 aromatic carbocycles. The average Bonchev–Trinajstić information content (AvgIpc) is 3.80. The predicted molar refractivity (Wildman–Crippen MR) is 177 cm³/mol. The number of nitrogens with one attached hydrogen (secondary N) is 1. The Balaban J connectivity index is 1.04. The molecular weight excluding hydrogens is 683 g/mol. The van der Waals surface area contributed by atoms with Gasteiger partial charge in [-0.15, -0.1) is 21.5 Å². The monoisotopic (exact) mass is 715 g/mol. The Morgan fingerprint density at radius 1 is 1.06 bits per heavy atom. The van der Waals surface area contributed by atoms with E-state index in [1.54, 1.807) is 22.9 Å². The molecule has 0 spiro atoms. The molecule has 3 heterocycles. The van der Waals surface area contributed by atoms with Crippen molar-refractivity contribution in [2.75, 3.05) is 12.4 Å². The molecule has 0 saturated heterocycles. The summed E-state index contributed by atoms with van der Waals surface area (Å²) in [5.74, 6) is 0.135. The van der Waals surface area contributed by atoms with E-state index in [-0.39, 0.29) is 23.2 Å². The summed E-state index contributed by atoms with van der Waals surface area (Å²) in [5, 5.41) is 33.5. The molecule has 5 aromatic rings. The fourth-order valence-corrected chi connectivity index (χ4v) is 7.07. The summed E-state index contributed by atoms with van der Waals surface area (Å²) < 4.78 is 38.2. The van der Waals surface area contributed by atoms with Crippen molar-refractivity contribution in [1.29, 1.82) is 0 Å². The third-order valence-electron chi connectivity index (χ3n) is 6.63. The summed E-state index contributed by atoms with van der Waals surface area (Å²) in [7, 11) is -3.91. The zero-order valence-corrected chi connectivity index (χ0v) is 28.2. The molecule has 48 heavy (non-hydrogen) atoms. The van der Waals surface area contributed by atoms with Gasteiger partial charge in [-0.2, -0.15) is 11.8 Å². The summed E-state index contributed by atoms with van der Waals surface area (Å²) in [6.07, 6.45) is 5.33. The molecule has 0 saturated carbocycles. The van der Waals surface area contributed by atoms with Crippen LogP contribution < -0.4 is 19.9 Å². The van der Waals surface area contributed by atoms with E-state index in [1.807, 2.05) is 30.5 Å². The Kier molecular flexibility index (Phi) is 11.6. The first-order chi connectivity index (χ1) is 23.1. The molecular formula is C29H33N9O7S3. The van der Waals surface area contributed by atoms with Crippen LogP contribution in [0.25, 0.3) is 10.2 Å². The normalized spacial score (nSPS) is 12.2. The summed E-state index contributed by atoms with van der Waals surface area (Å²) in [4.78, 5) is 28.5. The van der Waals surface area contributed by atoms with Gasteiger partial charge in [-0.1, -0.05) is 35.9 Å². The lowest BCUT2D eigenvalue weighted by Crippen LogP contribution is -2.44. The molecule has 0 aliphatic carbocycles. The van der Waals surface area contributed by atoms with Crippen molar-refractivity contribution in [2.45, 2.75) is 55.6 Å². The van der Waals surface area contributed by atoms with E-state index in [2.05, 4.69) is 37.8 Å². The number of nitrogens with two attached hydrogens (primary N) is 1. The number of fused-ring (bicyclic) bond motifs is 1. The fourth-order valence-electron chi connectivity index (χ4n) is 4.39. The minimum atomic E-state index is -3.91. The number of benzene rings is 2. The third kappa shape index (κ3) is 9.96. The number of thiazole rings is 1. The third-order valence-corrected chi connectivity index (χ3v) is 10.1. The number of primary sulfonamides is 1. The summed E-state index contributed by atoms with van der Waals surface area (Å²) in [6, 6.07) is 11.3. The van der Waals surface area contributed by atoms with Gasteiger partial charge in [0.1, 0.15) is 43.0 Å². The maximum absolute atomic E-state index is 12.6. The molecule has 0 aliphatic rings. The number of nitrogens with zero attached hydrogens (tertiary/aromatic N) is 7. The Hall–Kier alpha value is -4.59. The van der Waals surface area contributed by atoms with Gasteiger partial charge in [-0.05, 0) is 42.3 Å². The van der Waals surface area contributed by atoms with Crippen LogP contribution >= 0.6 is 23.1 Å². The molecule has 0 fully saturated rings. The van der Waals surface area contributed by atoms with Crippen molar-refractivity contribution in [3.05, 3.63) is 71.8 Å². The van der Waals surface area contributed by atoms with Crippen LogP contribution in [0.3, 0.4) is 0 Å². The molecule has 3 aromatic heterocycles. The van der Waals surface area contributed by atoms with Gasteiger partial charge in [0.15, 0.2) is 0 Å². The molecule has 254 valence electrons. The number of ether oxygens (including phenoxy) is 2. The number of rotatable bonds is 18. The number of thioether (sulfide) groups is 1. The maximum Gasteiger partial charge on any atom is 0.327 e. The van der Waals surface area contributed by atoms with Gasteiger partial charge in [-0.25, -0.2) is 32.7 Å². The van der Waals surface area contributed by atoms with Gasteiger partial charge < -0.3 is 19.9 Å². The van der Waals surface area contributed by atoms with Crippen LogP contribution in [0.15, 0.2) is 59.2 Å². The topological polar surface area (TPSA) is 219 Å². The molecule has 0 unspecified atom stereocenters. The van der Waals surface area contributed by atoms with Crippen LogP contribution in [0, 0.1) is 0 Å². The van der Waals surface area contributed by atoms with Crippen molar-refractivity contribution >= 4 is 55.2 Å². The van der Waals surface area contributed by atoms with Crippen molar-refractivity contribution in [1.82, 2.24) is 40.3 Å². The zero-order chi connectivity index (χ0) is 34.1. The van der Waals surface area contributed by atoms with Crippen LogP contribution in [-0.4, -0.2) is 78.8 Å². The summed E-state index contributed by atoms with van der Waals surface area (Å²) in [6.45, 7) is 2.87. The van der Waals surface area contributed by atoms with Gasteiger partial charge in [0, 0.05) is 17.7 Å². The van der Waals surface area contributed by atoms with Crippen LogP contribution in [-0.2, 0) is 51.5 Å². The molecule has 1 atom stereocenters. The first-order valence-electron chi connectivity index (χ1n) is 14.7. The minimum Gasteiger partial charge on any atom is -0.492 e. The van der Waals surface area contributed by atoms with Crippen molar-refractivity contribution in [3.63, 3.8) is 0 Å². The van der Waals surface area contributed by atoms with Crippen LogP contribution in [0.2, 0.25) is 0 Å². The minimum absolute atomic E-state index is 0.0241. The Labute approximate surface area is 283 Å². The molecule has 4 N–H and O–H groups in total. The quantitative estimate of drug-likeness (QED) is 0.119. The second-order valence-electron chi connectivity index (χ2n) is 10.5. The predicted octanol–water partition coefficient (Wildman–Crippen LogP) is 2.24. The smallest absolute Gasteiger partial charge is 0.327 e. The standard InChI is InChI=1S/C29H33N9O7S3/c1-2-4-20-13-37(35-33-20)9-10-44-22-6-3-5-19(11-22)17-46-18-25(28(40)41)31-27(39)15-38-14-21(34-36-38)16-45-23-7-8-24-26(12-23)47-29(32-24)48(30,42)43/h3,5-8,11-14,25H,2,4,9-10,15-18H2,1H3,(H,31,39)(H,40,41)(H2,30,42,43)/t25-/m1/s1. The maximum atomic E-state index is 12.6. The van der Waals surface area contributed by atoms with E-state index < -0.39 is 27.9 Å². The fraction of sp³-hybridized carbons (Fsp3) is 0.345. The number of sulfonamides is 1. The second kappa shape index (κ2) is 16.0. The molecule has 16 nitrogen and oxygen atoms in total. The van der Waals surface area contributed by atoms with Gasteiger partial charge in [0.25, 0.3) is 10.0 Å². The lowest BCUT2D eigenvalue weighted by Gasteiger charge is -2.14. The number of hydrogen-bond acceptors (Lipinski definition) is 13. The van der Waals surface area contributed by atoms with E-state index in [1.165, 1.54) is 22.6 Å². The molecule has 0 bridgehead atoms. The number of carboxylic acids is 1. The van der Waals surface area contributed by atoms with E-state index in [0.29, 0.717) is 46.3 Å². The molecule has 1 amide bonds. The van der Waals surface area contributed by atoms with Crippen LogP contribution in [0.5, 0.6) is 11.5 Å². The van der Waals surface area contributed by atoms with Crippen molar-refractivity contribution < 1.29 is 32.6 Å². The SMILES string of the molecule is CCCc1cn(CCOc2cccc(CSC[C@@H](NC(=O)Cn3cc(COc4ccc5nc(S(N)(=O)=O)sc5c4)nn3)C(=O)O)c2)nn1. The lowest BCUT2D eigenvalue weighted by molar-refractivity contribution is -0.141. The molecule has 0 aliphatic heterocycles. The van der Waals surface area contributed by atoms with Gasteiger partial charge >= 0.3 is 5.97 Å².